The highest BCUT2D eigenvalue weighted by atomic mass is 16.2. The van der Waals surface area contributed by atoms with Gasteiger partial charge >= 0.3 is 0 Å². The Balaban J connectivity index is 1.85. The Labute approximate surface area is 204 Å². The molecule has 0 aliphatic rings. The molecule has 0 aliphatic carbocycles. The lowest BCUT2D eigenvalue weighted by Gasteiger charge is -2.31. The van der Waals surface area contributed by atoms with Crippen molar-refractivity contribution < 1.29 is 9.59 Å². The van der Waals surface area contributed by atoms with Crippen LogP contribution in [-0.2, 0) is 16.0 Å². The van der Waals surface area contributed by atoms with Crippen LogP contribution < -0.4 is 5.32 Å². The third-order valence-corrected chi connectivity index (χ3v) is 6.44. The van der Waals surface area contributed by atoms with E-state index in [4.69, 9.17) is 0 Å². The Morgan fingerprint density at radius 1 is 0.794 bits per heavy atom. The number of hydrogen-bond acceptors (Lipinski definition) is 2. The lowest BCUT2D eigenvalue weighted by atomic mass is 9.88. The summed E-state index contributed by atoms with van der Waals surface area (Å²) in [6, 6.07) is 29.9. The summed E-state index contributed by atoms with van der Waals surface area (Å²) in [6.45, 7) is 6.36. The van der Waals surface area contributed by atoms with Gasteiger partial charge in [-0.05, 0) is 43.4 Å². The lowest BCUT2D eigenvalue weighted by Crippen LogP contribution is -2.50. The van der Waals surface area contributed by atoms with Gasteiger partial charge in [0.05, 0.1) is 0 Å². The second-order valence-corrected chi connectivity index (χ2v) is 8.89. The highest BCUT2D eigenvalue weighted by Crippen LogP contribution is 2.29. The lowest BCUT2D eigenvalue weighted by molar-refractivity contribution is -0.140. The number of benzene rings is 3. The van der Waals surface area contributed by atoms with Crippen molar-refractivity contribution in [2.24, 2.45) is 0 Å². The van der Waals surface area contributed by atoms with Gasteiger partial charge < -0.3 is 10.2 Å². The molecule has 3 rings (SSSR count). The van der Waals surface area contributed by atoms with Crippen molar-refractivity contribution in [1.29, 1.82) is 0 Å². The van der Waals surface area contributed by atoms with Gasteiger partial charge in [-0.2, -0.15) is 0 Å². The van der Waals surface area contributed by atoms with Crippen molar-refractivity contribution >= 4 is 11.8 Å². The monoisotopic (exact) mass is 456 g/mol. The molecule has 2 atom stereocenters. The normalized spacial score (nSPS) is 12.7. The standard InChI is InChI=1S/C30H36N2O2/c1-4-23(2)31-30(34)24(3)32(21-20-25-14-8-5-9-15-25)29(33)22-28(26-16-10-6-11-17-26)27-18-12-7-13-19-27/h5-19,23-24,28H,4,20-22H2,1-3H3,(H,31,34)/t23-,24-/m1/s1. The number of carbonyl (C=O) groups is 2. The molecule has 3 aromatic carbocycles. The quantitative estimate of drug-likeness (QED) is 0.409. The Morgan fingerprint density at radius 3 is 1.79 bits per heavy atom. The first-order valence-corrected chi connectivity index (χ1v) is 12.2. The summed E-state index contributed by atoms with van der Waals surface area (Å²) in [7, 11) is 0. The third-order valence-electron chi connectivity index (χ3n) is 6.44. The van der Waals surface area contributed by atoms with Gasteiger partial charge in [-0.25, -0.2) is 0 Å². The van der Waals surface area contributed by atoms with E-state index in [9.17, 15) is 9.59 Å². The van der Waals surface area contributed by atoms with Crippen LogP contribution in [0.5, 0.6) is 0 Å². The maximum atomic E-state index is 13.8. The molecule has 4 nitrogen and oxygen atoms in total. The van der Waals surface area contributed by atoms with Gasteiger partial charge in [-0.15, -0.1) is 0 Å². The maximum absolute atomic E-state index is 13.8. The largest absolute Gasteiger partial charge is 0.352 e. The summed E-state index contributed by atoms with van der Waals surface area (Å²) in [4.78, 5) is 28.5. The summed E-state index contributed by atoms with van der Waals surface area (Å²) in [5, 5.41) is 3.05. The number of nitrogens with zero attached hydrogens (tertiary/aromatic N) is 1. The molecule has 4 heteroatoms. The summed E-state index contributed by atoms with van der Waals surface area (Å²) >= 11 is 0. The first-order chi connectivity index (χ1) is 16.5. The van der Waals surface area contributed by atoms with Crippen molar-refractivity contribution in [2.75, 3.05) is 6.54 Å². The van der Waals surface area contributed by atoms with Crippen molar-refractivity contribution in [3.63, 3.8) is 0 Å². The third kappa shape index (κ3) is 7.05. The fraction of sp³-hybridized carbons (Fsp3) is 0.333. The zero-order valence-corrected chi connectivity index (χ0v) is 20.5. The van der Waals surface area contributed by atoms with Gasteiger partial charge in [0.1, 0.15) is 6.04 Å². The zero-order valence-electron chi connectivity index (χ0n) is 20.5. The van der Waals surface area contributed by atoms with Crippen LogP contribution in [0.1, 0.15) is 56.2 Å². The van der Waals surface area contributed by atoms with E-state index in [1.807, 2.05) is 75.4 Å². The number of amides is 2. The molecular weight excluding hydrogens is 420 g/mol. The molecule has 0 bridgehead atoms. The first-order valence-electron chi connectivity index (χ1n) is 12.2. The predicted octanol–water partition coefficient (Wildman–Crippen LogP) is 5.58. The van der Waals surface area contributed by atoms with E-state index in [1.54, 1.807) is 4.90 Å². The number of carbonyl (C=O) groups excluding carboxylic acids is 2. The first kappa shape index (κ1) is 25.2. The van der Waals surface area contributed by atoms with Crippen LogP contribution in [0.15, 0.2) is 91.0 Å². The molecule has 0 radical (unpaired) electrons. The highest BCUT2D eigenvalue weighted by Gasteiger charge is 2.29. The van der Waals surface area contributed by atoms with Crippen LogP contribution in [0.2, 0.25) is 0 Å². The molecule has 0 aromatic heterocycles. The van der Waals surface area contributed by atoms with E-state index in [1.165, 1.54) is 0 Å². The molecular formula is C30H36N2O2. The second-order valence-electron chi connectivity index (χ2n) is 8.89. The number of nitrogens with one attached hydrogen (secondary N) is 1. The van der Waals surface area contributed by atoms with Crippen LogP contribution in [0, 0.1) is 0 Å². The van der Waals surface area contributed by atoms with Crippen LogP contribution in [0.25, 0.3) is 0 Å². The average molecular weight is 457 g/mol. The summed E-state index contributed by atoms with van der Waals surface area (Å²) in [5.41, 5.74) is 3.35. The molecule has 34 heavy (non-hydrogen) atoms. The minimum absolute atomic E-state index is 0.0135. The Morgan fingerprint density at radius 2 is 1.29 bits per heavy atom. The van der Waals surface area contributed by atoms with E-state index in [2.05, 4.69) is 41.7 Å². The Bertz CT molecular complexity index is 982. The summed E-state index contributed by atoms with van der Waals surface area (Å²) in [5.74, 6) is -0.189. The SMILES string of the molecule is CC[C@@H](C)NC(=O)[C@@H](C)N(CCc1ccccc1)C(=O)CC(c1ccccc1)c1ccccc1. The zero-order chi connectivity index (χ0) is 24.3. The molecule has 0 aliphatic heterocycles. The highest BCUT2D eigenvalue weighted by molar-refractivity contribution is 5.88. The van der Waals surface area contributed by atoms with E-state index in [0.717, 1.165) is 23.1 Å². The maximum Gasteiger partial charge on any atom is 0.242 e. The summed E-state index contributed by atoms with van der Waals surface area (Å²) < 4.78 is 0. The van der Waals surface area contributed by atoms with Crippen molar-refractivity contribution in [2.45, 2.75) is 58.0 Å². The fourth-order valence-corrected chi connectivity index (χ4v) is 4.13. The van der Waals surface area contributed by atoms with Crippen LogP contribution in [0.4, 0.5) is 0 Å². The van der Waals surface area contributed by atoms with Gasteiger partial charge in [0.15, 0.2) is 0 Å². The molecule has 1 N–H and O–H groups in total. The van der Waals surface area contributed by atoms with E-state index in [0.29, 0.717) is 19.4 Å². The van der Waals surface area contributed by atoms with Gasteiger partial charge in [-0.3, -0.25) is 9.59 Å². The fourth-order valence-electron chi connectivity index (χ4n) is 4.13. The van der Waals surface area contributed by atoms with Gasteiger partial charge in [0, 0.05) is 24.9 Å². The molecule has 0 unspecified atom stereocenters. The second kappa shape index (κ2) is 12.7. The molecule has 178 valence electrons. The predicted molar refractivity (Wildman–Crippen MR) is 139 cm³/mol. The minimum atomic E-state index is -0.544. The van der Waals surface area contributed by atoms with E-state index >= 15 is 0 Å². The molecule has 3 aromatic rings. The van der Waals surface area contributed by atoms with Crippen LogP contribution in [-0.4, -0.2) is 35.3 Å². The van der Waals surface area contributed by atoms with Gasteiger partial charge in [0.25, 0.3) is 0 Å². The molecule has 0 heterocycles. The van der Waals surface area contributed by atoms with Crippen molar-refractivity contribution in [1.82, 2.24) is 10.2 Å². The molecule has 0 saturated heterocycles. The number of hydrogen-bond donors (Lipinski definition) is 1. The van der Waals surface area contributed by atoms with Gasteiger partial charge in [-0.1, -0.05) is 97.9 Å². The van der Waals surface area contributed by atoms with Crippen LogP contribution in [0.3, 0.4) is 0 Å². The Hall–Kier alpha value is -3.40. The van der Waals surface area contributed by atoms with E-state index < -0.39 is 6.04 Å². The molecule has 0 saturated carbocycles. The average Bonchev–Trinajstić information content (AvgIpc) is 2.88. The summed E-state index contributed by atoms with van der Waals surface area (Å²) in [6.07, 6.45) is 1.86. The Kier molecular flexibility index (Phi) is 9.45. The van der Waals surface area contributed by atoms with Crippen LogP contribution >= 0.6 is 0 Å². The molecule has 2 amide bonds. The molecule has 0 fully saturated rings. The molecule has 0 spiro atoms. The van der Waals surface area contributed by atoms with Crippen molar-refractivity contribution in [3.05, 3.63) is 108 Å². The topological polar surface area (TPSA) is 49.4 Å². The van der Waals surface area contributed by atoms with E-state index in [-0.39, 0.29) is 23.8 Å². The minimum Gasteiger partial charge on any atom is -0.352 e. The van der Waals surface area contributed by atoms with Gasteiger partial charge in [0.2, 0.25) is 11.8 Å². The van der Waals surface area contributed by atoms with Crippen molar-refractivity contribution in [3.8, 4) is 0 Å². The number of rotatable bonds is 11. The smallest absolute Gasteiger partial charge is 0.242 e.